The van der Waals surface area contributed by atoms with Crippen molar-refractivity contribution in [3.8, 4) is 22.8 Å². The number of hydrogen-bond donors (Lipinski definition) is 2. The van der Waals surface area contributed by atoms with Crippen LogP contribution in [0.1, 0.15) is 62.5 Å². The van der Waals surface area contributed by atoms with Gasteiger partial charge in [0, 0.05) is 23.9 Å². The molecule has 2 N–H and O–H groups in total. The molecule has 2 saturated carbocycles. The van der Waals surface area contributed by atoms with Gasteiger partial charge in [0.1, 0.15) is 23.0 Å². The molecule has 1 aromatic heterocycles. The molecule has 5 unspecified atom stereocenters. The molecule has 1 heterocycles. The average molecular weight is 472 g/mol. The lowest BCUT2D eigenvalue weighted by atomic mass is 9.54. The zero-order valence-corrected chi connectivity index (χ0v) is 20.2. The van der Waals surface area contributed by atoms with Crippen LogP contribution in [-0.2, 0) is 17.8 Å². The molecule has 0 bridgehead atoms. The third kappa shape index (κ3) is 3.83. The summed E-state index contributed by atoms with van der Waals surface area (Å²) in [5.74, 6) is 2.96. The van der Waals surface area contributed by atoms with Gasteiger partial charge >= 0.3 is 0 Å². The molecule has 6 rings (SSSR count). The summed E-state index contributed by atoms with van der Waals surface area (Å²) in [6, 6.07) is 13.0. The number of aryl methyl sites for hydroxylation is 2. The average Bonchev–Trinajstić information content (AvgIpc) is 3.41. The zero-order chi connectivity index (χ0) is 24.2. The number of ketones is 1. The number of aromatic nitrogens is 3. The Kier molecular flexibility index (Phi) is 5.42. The number of carbonyl (C=O) groups excluding carboxylic acids is 1. The van der Waals surface area contributed by atoms with Gasteiger partial charge in [0.2, 0.25) is 0 Å². The molecule has 3 aromatic rings. The lowest BCUT2D eigenvalue weighted by Gasteiger charge is -2.50. The van der Waals surface area contributed by atoms with E-state index in [0.717, 1.165) is 56.3 Å². The maximum absolute atomic E-state index is 13.2. The van der Waals surface area contributed by atoms with Crippen LogP contribution in [0.5, 0.6) is 11.5 Å². The first-order valence-electron chi connectivity index (χ1n) is 13.0. The largest absolute Gasteiger partial charge is 0.508 e. The van der Waals surface area contributed by atoms with Crippen LogP contribution in [0.3, 0.4) is 0 Å². The van der Waals surface area contributed by atoms with Crippen molar-refractivity contribution in [2.75, 3.05) is 0 Å². The van der Waals surface area contributed by atoms with Crippen LogP contribution < -0.4 is 0 Å². The van der Waals surface area contributed by atoms with E-state index in [0.29, 0.717) is 41.6 Å². The highest BCUT2D eigenvalue weighted by molar-refractivity contribution is 5.87. The van der Waals surface area contributed by atoms with Crippen molar-refractivity contribution in [3.63, 3.8) is 0 Å². The van der Waals surface area contributed by atoms with Gasteiger partial charge in [-0.25, -0.2) is 0 Å². The Morgan fingerprint density at radius 2 is 1.97 bits per heavy atom. The molecule has 0 aliphatic heterocycles. The van der Waals surface area contributed by atoms with Crippen LogP contribution in [0.4, 0.5) is 0 Å². The minimum atomic E-state index is -0.185. The molecule has 6 heteroatoms. The highest BCUT2D eigenvalue weighted by Crippen LogP contribution is 2.62. The SMILES string of the molecule is CC12CCC3c4ccc(O)cc4CCC3C1C(CCCn1cc(-c3cccc(O)c3)nn1)CC2=O. The van der Waals surface area contributed by atoms with Gasteiger partial charge < -0.3 is 10.2 Å². The smallest absolute Gasteiger partial charge is 0.139 e. The number of aromatic hydroxyl groups is 2. The molecule has 3 aliphatic rings. The van der Waals surface area contributed by atoms with Crippen LogP contribution in [0, 0.1) is 23.2 Å². The van der Waals surface area contributed by atoms with E-state index in [4.69, 9.17) is 0 Å². The summed E-state index contributed by atoms with van der Waals surface area (Å²) in [6.07, 6.45) is 8.79. The summed E-state index contributed by atoms with van der Waals surface area (Å²) in [5, 5.41) is 28.3. The molecule has 5 atom stereocenters. The first-order valence-corrected chi connectivity index (χ1v) is 13.0. The van der Waals surface area contributed by atoms with Gasteiger partial charge in [-0.3, -0.25) is 9.48 Å². The van der Waals surface area contributed by atoms with Crippen molar-refractivity contribution in [1.82, 2.24) is 15.0 Å². The number of hydrogen-bond acceptors (Lipinski definition) is 5. The summed E-state index contributed by atoms with van der Waals surface area (Å²) in [4.78, 5) is 13.2. The number of phenols is 2. The molecule has 0 radical (unpaired) electrons. The second-order valence-corrected chi connectivity index (χ2v) is 11.1. The second kappa shape index (κ2) is 8.51. The van der Waals surface area contributed by atoms with Gasteiger partial charge in [-0.05, 0) is 97.6 Å². The first kappa shape index (κ1) is 22.3. The van der Waals surface area contributed by atoms with E-state index in [1.165, 1.54) is 11.1 Å². The maximum Gasteiger partial charge on any atom is 0.139 e. The topological polar surface area (TPSA) is 88.2 Å². The van der Waals surface area contributed by atoms with E-state index >= 15 is 0 Å². The summed E-state index contributed by atoms with van der Waals surface area (Å²) in [7, 11) is 0. The van der Waals surface area contributed by atoms with E-state index in [2.05, 4.69) is 23.3 Å². The Morgan fingerprint density at radius 1 is 1.11 bits per heavy atom. The molecule has 0 amide bonds. The molecule has 6 nitrogen and oxygen atoms in total. The summed E-state index contributed by atoms with van der Waals surface area (Å²) >= 11 is 0. The summed E-state index contributed by atoms with van der Waals surface area (Å²) in [6.45, 7) is 3.01. The second-order valence-electron chi connectivity index (χ2n) is 11.1. The van der Waals surface area contributed by atoms with Gasteiger partial charge in [-0.15, -0.1) is 5.10 Å². The monoisotopic (exact) mass is 471 g/mol. The van der Waals surface area contributed by atoms with Gasteiger partial charge in [0.05, 0.1) is 6.20 Å². The Hall–Kier alpha value is -3.15. The Morgan fingerprint density at radius 3 is 2.83 bits per heavy atom. The first-order chi connectivity index (χ1) is 16.9. The van der Waals surface area contributed by atoms with Gasteiger partial charge in [-0.2, -0.15) is 0 Å². The van der Waals surface area contributed by atoms with Crippen LogP contribution >= 0.6 is 0 Å². The number of phenolic OH excluding ortho intramolecular Hbond substituents is 2. The van der Waals surface area contributed by atoms with Crippen LogP contribution in [0.2, 0.25) is 0 Å². The maximum atomic E-state index is 13.2. The molecule has 35 heavy (non-hydrogen) atoms. The molecule has 182 valence electrons. The molecule has 3 aliphatic carbocycles. The Bertz CT molecular complexity index is 1270. The fraction of sp³-hybridized carbons (Fsp3) is 0.483. The highest BCUT2D eigenvalue weighted by atomic mass is 16.3. The van der Waals surface area contributed by atoms with Crippen molar-refractivity contribution in [2.24, 2.45) is 23.2 Å². The standard InChI is InChI=1S/C29H33N3O3/c1-29-12-11-24-23-10-8-22(34)14-18(23)7-9-25(24)28(29)20(16-27(29)35)5-3-13-32-17-26(30-31-32)19-4-2-6-21(33)15-19/h2,4,6,8,10,14-15,17,20,24-25,28,33-34H,3,5,7,9,11-13,16H2,1H3. The van der Waals surface area contributed by atoms with Crippen LogP contribution in [0.25, 0.3) is 11.3 Å². The molecule has 2 fully saturated rings. The van der Waals surface area contributed by atoms with Gasteiger partial charge in [0.25, 0.3) is 0 Å². The fourth-order valence-electron chi connectivity index (χ4n) is 7.61. The normalized spacial score (nSPS) is 29.5. The van der Waals surface area contributed by atoms with Crippen LogP contribution in [-0.4, -0.2) is 31.0 Å². The lowest BCUT2D eigenvalue weighted by molar-refractivity contribution is -0.129. The zero-order valence-electron chi connectivity index (χ0n) is 20.2. The van der Waals surface area contributed by atoms with Gasteiger partial charge in [-0.1, -0.05) is 30.3 Å². The molecular formula is C29H33N3O3. The number of nitrogens with zero attached hydrogens (tertiary/aromatic N) is 3. The minimum absolute atomic E-state index is 0.185. The minimum Gasteiger partial charge on any atom is -0.508 e. The van der Waals surface area contributed by atoms with Crippen molar-refractivity contribution < 1.29 is 15.0 Å². The molecule has 0 spiro atoms. The predicted octanol–water partition coefficient (Wildman–Crippen LogP) is 5.49. The molecular weight excluding hydrogens is 438 g/mol. The third-order valence-corrected chi connectivity index (χ3v) is 9.20. The van der Waals surface area contributed by atoms with Crippen LogP contribution in [0.15, 0.2) is 48.7 Å². The van der Waals surface area contributed by atoms with Gasteiger partial charge in [0.15, 0.2) is 0 Å². The van der Waals surface area contributed by atoms with Crippen molar-refractivity contribution in [1.29, 1.82) is 0 Å². The quantitative estimate of drug-likeness (QED) is 0.514. The van der Waals surface area contributed by atoms with E-state index in [9.17, 15) is 15.0 Å². The van der Waals surface area contributed by atoms with E-state index in [1.807, 2.05) is 35.1 Å². The number of Topliss-reactive ketones (excluding diaryl/α,β-unsaturated/α-hetero) is 1. The molecule has 2 aromatic carbocycles. The van der Waals surface area contributed by atoms with Crippen molar-refractivity contribution >= 4 is 5.78 Å². The predicted molar refractivity (Wildman–Crippen MR) is 133 cm³/mol. The van der Waals surface area contributed by atoms with E-state index < -0.39 is 0 Å². The summed E-state index contributed by atoms with van der Waals surface area (Å²) < 4.78 is 1.88. The number of rotatable bonds is 5. The molecule has 0 saturated heterocycles. The van der Waals surface area contributed by atoms with Crippen molar-refractivity contribution in [3.05, 3.63) is 59.8 Å². The van der Waals surface area contributed by atoms with Crippen molar-refractivity contribution in [2.45, 2.75) is 64.3 Å². The fourth-order valence-corrected chi connectivity index (χ4v) is 7.61. The lowest BCUT2D eigenvalue weighted by Crippen LogP contribution is -2.44. The Balaban J connectivity index is 1.16. The number of carbonyl (C=O) groups is 1. The number of benzene rings is 2. The number of fused-ring (bicyclic) bond motifs is 5. The van der Waals surface area contributed by atoms with E-state index in [-0.39, 0.29) is 11.2 Å². The van der Waals surface area contributed by atoms with E-state index in [1.54, 1.807) is 12.1 Å². The highest BCUT2D eigenvalue weighted by Gasteiger charge is 2.58. The summed E-state index contributed by atoms with van der Waals surface area (Å²) in [5.41, 5.74) is 4.13. The Labute approximate surface area is 206 Å². The third-order valence-electron chi connectivity index (χ3n) is 9.20.